The van der Waals surface area contributed by atoms with Crippen LogP contribution in [0.2, 0.25) is 0 Å². The molecule has 1 amide bonds. The molecule has 2 aromatic rings. The van der Waals surface area contributed by atoms with E-state index < -0.39 is 0 Å². The maximum Gasteiger partial charge on any atom is 0.269 e. The van der Waals surface area contributed by atoms with E-state index in [4.69, 9.17) is 0 Å². The van der Waals surface area contributed by atoms with Gasteiger partial charge in [0.05, 0.1) is 21.2 Å². The third-order valence-corrected chi connectivity index (χ3v) is 3.97. The molecule has 0 spiro atoms. The van der Waals surface area contributed by atoms with E-state index in [-0.39, 0.29) is 5.91 Å². The predicted molar refractivity (Wildman–Crippen MR) is 64.6 cm³/mol. The topological polar surface area (TPSA) is 54.9 Å². The van der Waals surface area contributed by atoms with Crippen molar-refractivity contribution in [1.82, 2.24) is 9.97 Å². The minimum absolute atomic E-state index is 0.156. The zero-order chi connectivity index (χ0) is 10.8. The third-order valence-electron chi connectivity index (χ3n) is 1.65. The molecule has 0 bridgehead atoms. The Bertz CT molecular complexity index is 494. The van der Waals surface area contributed by atoms with Crippen molar-refractivity contribution in [3.63, 3.8) is 0 Å². The van der Waals surface area contributed by atoms with Crippen LogP contribution in [-0.4, -0.2) is 15.9 Å². The lowest BCUT2D eigenvalue weighted by atomic mass is 10.4. The van der Waals surface area contributed by atoms with Crippen LogP contribution >= 0.6 is 38.6 Å². The Morgan fingerprint density at radius 2 is 2.33 bits per heavy atom. The molecule has 0 unspecified atom stereocenters. The van der Waals surface area contributed by atoms with Crippen molar-refractivity contribution >= 4 is 49.6 Å². The maximum absolute atomic E-state index is 11.7. The maximum atomic E-state index is 11.7. The molecule has 4 nitrogen and oxygen atoms in total. The van der Waals surface area contributed by atoms with Gasteiger partial charge in [-0.15, -0.1) is 11.3 Å². The number of nitrogens with zero attached hydrogens (tertiary/aromatic N) is 2. The van der Waals surface area contributed by atoms with Gasteiger partial charge in [-0.25, -0.2) is 9.97 Å². The first-order chi connectivity index (χ1) is 7.16. The van der Waals surface area contributed by atoms with Gasteiger partial charge in [0, 0.05) is 0 Å². The fourth-order valence-electron chi connectivity index (χ4n) is 0.986. The Morgan fingerprint density at radius 1 is 1.53 bits per heavy atom. The van der Waals surface area contributed by atoms with Crippen molar-refractivity contribution in [3.8, 4) is 0 Å². The van der Waals surface area contributed by atoms with Gasteiger partial charge in [0.1, 0.15) is 4.88 Å². The quantitative estimate of drug-likeness (QED) is 0.928. The Balaban J connectivity index is 2.14. The summed E-state index contributed by atoms with van der Waals surface area (Å²) in [4.78, 5) is 20.4. The molecule has 2 heterocycles. The van der Waals surface area contributed by atoms with E-state index in [9.17, 15) is 4.79 Å². The Morgan fingerprint density at radius 3 is 2.87 bits per heavy atom. The number of thiazole rings is 2. The van der Waals surface area contributed by atoms with Gasteiger partial charge in [0.25, 0.3) is 5.91 Å². The van der Waals surface area contributed by atoms with Crippen molar-refractivity contribution < 1.29 is 4.79 Å². The summed E-state index contributed by atoms with van der Waals surface area (Å²) in [5.41, 5.74) is 2.40. The van der Waals surface area contributed by atoms with Crippen molar-refractivity contribution in [1.29, 1.82) is 0 Å². The van der Waals surface area contributed by atoms with Gasteiger partial charge in [-0.3, -0.25) is 10.1 Å². The zero-order valence-electron chi connectivity index (χ0n) is 7.65. The van der Waals surface area contributed by atoms with E-state index in [1.165, 1.54) is 22.7 Å². The molecule has 1 N–H and O–H groups in total. The number of anilines is 1. The van der Waals surface area contributed by atoms with Gasteiger partial charge in [-0.2, -0.15) is 0 Å². The van der Waals surface area contributed by atoms with Gasteiger partial charge in [-0.1, -0.05) is 11.3 Å². The van der Waals surface area contributed by atoms with Crippen LogP contribution in [0.1, 0.15) is 15.4 Å². The monoisotopic (exact) mass is 303 g/mol. The highest BCUT2D eigenvalue weighted by molar-refractivity contribution is 9.11. The Hall–Kier alpha value is -0.790. The molecule has 0 aliphatic carbocycles. The summed E-state index contributed by atoms with van der Waals surface area (Å²) in [6, 6.07) is 0. The summed E-state index contributed by atoms with van der Waals surface area (Å²) >= 11 is 5.98. The van der Waals surface area contributed by atoms with E-state index in [0.29, 0.717) is 10.0 Å². The standard InChI is InChI=1S/C8H6BrN3OS2/c1-4-6(14-3-11-4)7(13)12-8-10-2-5(9)15-8/h2-3H,1H3,(H,10,12,13). The average molecular weight is 304 g/mol. The fraction of sp³-hybridized carbons (Fsp3) is 0.125. The number of aryl methyl sites for hydroxylation is 1. The van der Waals surface area contributed by atoms with Gasteiger partial charge >= 0.3 is 0 Å². The van der Waals surface area contributed by atoms with Gasteiger partial charge in [0.2, 0.25) is 0 Å². The van der Waals surface area contributed by atoms with Gasteiger partial charge < -0.3 is 0 Å². The largest absolute Gasteiger partial charge is 0.297 e. The molecule has 0 saturated heterocycles. The van der Waals surface area contributed by atoms with Crippen LogP contribution in [0.4, 0.5) is 5.13 Å². The normalized spacial score (nSPS) is 10.3. The van der Waals surface area contributed by atoms with Gasteiger partial charge in [0.15, 0.2) is 5.13 Å². The molecular formula is C8H6BrN3OS2. The Labute approximate surface area is 103 Å². The van der Waals surface area contributed by atoms with Crippen LogP contribution in [0, 0.1) is 6.92 Å². The van der Waals surface area contributed by atoms with Gasteiger partial charge in [-0.05, 0) is 22.9 Å². The molecule has 0 aromatic carbocycles. The molecule has 0 saturated carbocycles. The number of carbonyl (C=O) groups is 1. The number of hydrogen-bond donors (Lipinski definition) is 1. The Kier molecular flexibility index (Phi) is 3.13. The first kappa shape index (κ1) is 10.7. The molecule has 0 aliphatic rings. The number of aromatic nitrogens is 2. The SMILES string of the molecule is Cc1ncsc1C(=O)Nc1ncc(Br)s1. The lowest BCUT2D eigenvalue weighted by Gasteiger charge is -1.98. The van der Waals surface area contributed by atoms with E-state index in [0.717, 1.165) is 9.48 Å². The van der Waals surface area contributed by atoms with Crippen LogP contribution in [0.5, 0.6) is 0 Å². The molecule has 0 fully saturated rings. The molecule has 0 atom stereocenters. The second-order valence-electron chi connectivity index (χ2n) is 2.69. The lowest BCUT2D eigenvalue weighted by Crippen LogP contribution is -2.11. The van der Waals surface area contributed by atoms with Crippen LogP contribution < -0.4 is 5.32 Å². The molecular weight excluding hydrogens is 298 g/mol. The summed E-state index contributed by atoms with van der Waals surface area (Å²) in [6.45, 7) is 1.81. The summed E-state index contributed by atoms with van der Waals surface area (Å²) in [7, 11) is 0. The first-order valence-electron chi connectivity index (χ1n) is 3.99. The molecule has 2 rings (SSSR count). The molecule has 78 valence electrons. The smallest absolute Gasteiger partial charge is 0.269 e. The molecule has 0 aliphatic heterocycles. The van der Waals surface area contributed by atoms with Crippen LogP contribution in [0.15, 0.2) is 15.5 Å². The number of carbonyl (C=O) groups excluding carboxylic acids is 1. The zero-order valence-corrected chi connectivity index (χ0v) is 10.9. The summed E-state index contributed by atoms with van der Waals surface area (Å²) in [6.07, 6.45) is 1.65. The van der Waals surface area contributed by atoms with E-state index in [2.05, 4.69) is 31.2 Å². The predicted octanol–water partition coefficient (Wildman–Crippen LogP) is 2.92. The number of amides is 1. The van der Waals surface area contributed by atoms with Crippen molar-refractivity contribution in [2.24, 2.45) is 0 Å². The highest BCUT2D eigenvalue weighted by atomic mass is 79.9. The summed E-state index contributed by atoms with van der Waals surface area (Å²) < 4.78 is 0.888. The van der Waals surface area contributed by atoms with E-state index in [1.54, 1.807) is 11.7 Å². The third kappa shape index (κ3) is 2.42. The second kappa shape index (κ2) is 4.38. The number of nitrogens with one attached hydrogen (secondary N) is 1. The number of rotatable bonds is 2. The van der Waals surface area contributed by atoms with Crippen LogP contribution in [0.25, 0.3) is 0 Å². The molecule has 15 heavy (non-hydrogen) atoms. The molecule has 0 radical (unpaired) electrons. The molecule has 2 aromatic heterocycles. The highest BCUT2D eigenvalue weighted by Gasteiger charge is 2.13. The first-order valence-corrected chi connectivity index (χ1v) is 6.48. The second-order valence-corrected chi connectivity index (χ2v) is 5.96. The van der Waals surface area contributed by atoms with Crippen LogP contribution in [-0.2, 0) is 0 Å². The number of halogens is 1. The highest BCUT2D eigenvalue weighted by Crippen LogP contribution is 2.24. The minimum atomic E-state index is -0.156. The minimum Gasteiger partial charge on any atom is -0.297 e. The fourth-order valence-corrected chi connectivity index (χ4v) is 2.79. The number of hydrogen-bond acceptors (Lipinski definition) is 5. The van der Waals surface area contributed by atoms with Crippen molar-refractivity contribution in [2.45, 2.75) is 6.92 Å². The van der Waals surface area contributed by atoms with E-state index in [1.807, 2.05) is 6.92 Å². The molecule has 7 heteroatoms. The summed E-state index contributed by atoms with van der Waals surface area (Å²) in [5, 5.41) is 3.30. The van der Waals surface area contributed by atoms with Crippen molar-refractivity contribution in [2.75, 3.05) is 5.32 Å². The summed E-state index contributed by atoms with van der Waals surface area (Å²) in [5.74, 6) is -0.156. The van der Waals surface area contributed by atoms with Crippen LogP contribution in [0.3, 0.4) is 0 Å². The van der Waals surface area contributed by atoms with E-state index >= 15 is 0 Å². The average Bonchev–Trinajstić information content (AvgIpc) is 2.75. The van der Waals surface area contributed by atoms with Crippen molar-refractivity contribution in [3.05, 3.63) is 26.1 Å². The lowest BCUT2D eigenvalue weighted by molar-refractivity contribution is 0.103.